The van der Waals surface area contributed by atoms with E-state index >= 15 is 0 Å². The minimum Gasteiger partial charge on any atom is -0.347 e. The summed E-state index contributed by atoms with van der Waals surface area (Å²) in [5.41, 5.74) is 5.99. The second-order valence-electron chi connectivity index (χ2n) is 6.46. The van der Waals surface area contributed by atoms with Crippen molar-refractivity contribution in [3.8, 4) is 22.3 Å². The van der Waals surface area contributed by atoms with Gasteiger partial charge in [-0.2, -0.15) is 0 Å². The van der Waals surface area contributed by atoms with Crippen LogP contribution in [0.15, 0.2) is 103 Å². The number of carbonyl (C=O) groups is 1. The largest absolute Gasteiger partial charge is 0.347 e. The van der Waals surface area contributed by atoms with E-state index in [0.29, 0.717) is 12.2 Å². The third-order valence-corrected chi connectivity index (χ3v) is 4.67. The van der Waals surface area contributed by atoms with Crippen LogP contribution in [0.25, 0.3) is 22.3 Å². The molecule has 0 bridgehead atoms. The summed E-state index contributed by atoms with van der Waals surface area (Å²) in [6, 6.07) is 32.1. The summed E-state index contributed by atoms with van der Waals surface area (Å²) in [4.78, 5) is 16.7. The summed E-state index contributed by atoms with van der Waals surface area (Å²) >= 11 is 0. The van der Waals surface area contributed by atoms with Crippen molar-refractivity contribution in [1.82, 2.24) is 10.3 Å². The summed E-state index contributed by atoms with van der Waals surface area (Å²) in [5, 5.41) is 3.03. The Kier molecular flexibility index (Phi) is 5.25. The molecule has 0 unspecified atom stereocenters. The zero-order valence-electron chi connectivity index (χ0n) is 15.4. The van der Waals surface area contributed by atoms with Gasteiger partial charge in [0.25, 0.3) is 5.91 Å². The number of rotatable bonds is 5. The van der Waals surface area contributed by atoms with Crippen LogP contribution >= 0.6 is 0 Å². The lowest BCUT2D eigenvalue weighted by Crippen LogP contribution is -2.24. The van der Waals surface area contributed by atoms with Crippen LogP contribution in [0, 0.1) is 0 Å². The molecule has 136 valence electrons. The number of aromatic nitrogens is 1. The van der Waals surface area contributed by atoms with Gasteiger partial charge in [0.15, 0.2) is 0 Å². The molecular weight excluding hydrogens is 344 g/mol. The van der Waals surface area contributed by atoms with Crippen LogP contribution in [0.5, 0.6) is 0 Å². The van der Waals surface area contributed by atoms with Crippen molar-refractivity contribution >= 4 is 5.91 Å². The second kappa shape index (κ2) is 8.31. The highest BCUT2D eigenvalue weighted by Crippen LogP contribution is 2.32. The molecule has 1 aromatic heterocycles. The third kappa shape index (κ3) is 3.84. The van der Waals surface area contributed by atoms with Crippen LogP contribution < -0.4 is 5.32 Å². The molecule has 3 heteroatoms. The molecule has 3 aromatic carbocycles. The fourth-order valence-electron chi connectivity index (χ4n) is 3.31. The van der Waals surface area contributed by atoms with Crippen LogP contribution in [0.4, 0.5) is 0 Å². The quantitative estimate of drug-likeness (QED) is 0.519. The summed E-state index contributed by atoms with van der Waals surface area (Å²) in [6.45, 7) is 0.421. The van der Waals surface area contributed by atoms with Crippen molar-refractivity contribution in [2.75, 3.05) is 0 Å². The molecule has 28 heavy (non-hydrogen) atoms. The van der Waals surface area contributed by atoms with E-state index in [1.807, 2.05) is 42.5 Å². The van der Waals surface area contributed by atoms with E-state index < -0.39 is 0 Å². The number of carbonyl (C=O) groups excluding carboxylic acids is 1. The number of hydrogen-bond acceptors (Lipinski definition) is 2. The van der Waals surface area contributed by atoms with Gasteiger partial charge in [-0.05, 0) is 39.9 Å². The van der Waals surface area contributed by atoms with Crippen LogP contribution in [-0.4, -0.2) is 10.9 Å². The van der Waals surface area contributed by atoms with Gasteiger partial charge in [-0.3, -0.25) is 9.78 Å². The van der Waals surface area contributed by atoms with Crippen molar-refractivity contribution in [2.24, 2.45) is 0 Å². The molecule has 1 amide bonds. The Labute approximate surface area is 164 Å². The third-order valence-electron chi connectivity index (χ3n) is 4.67. The molecule has 0 radical (unpaired) electrons. The first-order chi connectivity index (χ1) is 13.8. The van der Waals surface area contributed by atoms with Crippen LogP contribution in [0.1, 0.15) is 16.1 Å². The maximum Gasteiger partial charge on any atom is 0.270 e. The van der Waals surface area contributed by atoms with E-state index in [-0.39, 0.29) is 5.91 Å². The number of benzene rings is 3. The molecule has 0 saturated carbocycles. The number of nitrogens with zero attached hydrogens (tertiary/aromatic N) is 1. The number of pyridine rings is 1. The lowest BCUT2D eigenvalue weighted by atomic mass is 9.91. The number of hydrogen-bond donors (Lipinski definition) is 1. The number of nitrogens with one attached hydrogen (secondary N) is 1. The average molecular weight is 364 g/mol. The molecule has 4 rings (SSSR count). The molecule has 0 aliphatic carbocycles. The van der Waals surface area contributed by atoms with Gasteiger partial charge in [0.1, 0.15) is 5.69 Å². The fourth-order valence-corrected chi connectivity index (χ4v) is 3.31. The van der Waals surface area contributed by atoms with E-state index in [4.69, 9.17) is 0 Å². The first-order valence-corrected chi connectivity index (χ1v) is 9.25. The van der Waals surface area contributed by atoms with Crippen molar-refractivity contribution < 1.29 is 4.79 Å². The van der Waals surface area contributed by atoms with Gasteiger partial charge in [0.2, 0.25) is 0 Å². The zero-order chi connectivity index (χ0) is 19.2. The Morgan fingerprint density at radius 1 is 0.679 bits per heavy atom. The van der Waals surface area contributed by atoms with Gasteiger partial charge in [-0.1, -0.05) is 84.9 Å². The maximum absolute atomic E-state index is 12.5. The SMILES string of the molecule is O=C(NCc1c(-c2ccccc2)cccc1-c1ccccc1)c1ccccn1. The molecule has 0 spiro atoms. The van der Waals surface area contributed by atoms with E-state index in [1.54, 1.807) is 18.3 Å². The van der Waals surface area contributed by atoms with Crippen molar-refractivity contribution in [2.45, 2.75) is 6.54 Å². The fraction of sp³-hybridized carbons (Fsp3) is 0.0400. The zero-order valence-corrected chi connectivity index (χ0v) is 15.4. The molecule has 4 aromatic rings. The van der Waals surface area contributed by atoms with E-state index in [0.717, 1.165) is 27.8 Å². The highest BCUT2D eigenvalue weighted by atomic mass is 16.1. The lowest BCUT2D eigenvalue weighted by molar-refractivity contribution is 0.0946. The highest BCUT2D eigenvalue weighted by molar-refractivity contribution is 5.92. The normalized spacial score (nSPS) is 10.4. The van der Waals surface area contributed by atoms with Crippen LogP contribution in [-0.2, 0) is 6.54 Å². The molecule has 1 heterocycles. The van der Waals surface area contributed by atoms with E-state index in [2.05, 4.69) is 52.8 Å². The average Bonchev–Trinajstić information content (AvgIpc) is 2.79. The van der Waals surface area contributed by atoms with Crippen LogP contribution in [0.3, 0.4) is 0 Å². The summed E-state index contributed by atoms with van der Waals surface area (Å²) in [5.74, 6) is -0.178. The first kappa shape index (κ1) is 17.7. The minimum absolute atomic E-state index is 0.178. The molecule has 1 N–H and O–H groups in total. The van der Waals surface area contributed by atoms with Gasteiger partial charge < -0.3 is 5.32 Å². The predicted octanol–water partition coefficient (Wildman–Crippen LogP) is 5.35. The summed E-state index contributed by atoms with van der Waals surface area (Å²) in [7, 11) is 0. The molecule has 0 aliphatic rings. The topological polar surface area (TPSA) is 42.0 Å². The molecule has 0 fully saturated rings. The second-order valence-corrected chi connectivity index (χ2v) is 6.46. The van der Waals surface area contributed by atoms with Crippen molar-refractivity contribution in [1.29, 1.82) is 0 Å². The Balaban J connectivity index is 1.73. The summed E-state index contributed by atoms with van der Waals surface area (Å²) < 4.78 is 0. The Morgan fingerprint density at radius 3 is 1.79 bits per heavy atom. The number of amides is 1. The lowest BCUT2D eigenvalue weighted by Gasteiger charge is -2.16. The van der Waals surface area contributed by atoms with Gasteiger partial charge in [0.05, 0.1) is 0 Å². The molecule has 3 nitrogen and oxygen atoms in total. The molecule has 0 saturated heterocycles. The molecule has 0 atom stereocenters. The smallest absolute Gasteiger partial charge is 0.270 e. The van der Waals surface area contributed by atoms with Gasteiger partial charge in [-0.15, -0.1) is 0 Å². The van der Waals surface area contributed by atoms with Crippen molar-refractivity contribution in [3.63, 3.8) is 0 Å². The Bertz CT molecular complexity index is 1000. The summed E-state index contributed by atoms with van der Waals surface area (Å²) in [6.07, 6.45) is 1.63. The first-order valence-electron chi connectivity index (χ1n) is 9.25. The minimum atomic E-state index is -0.178. The van der Waals surface area contributed by atoms with E-state index in [9.17, 15) is 4.79 Å². The molecule has 0 aliphatic heterocycles. The van der Waals surface area contributed by atoms with Gasteiger partial charge in [0, 0.05) is 12.7 Å². The standard InChI is InChI=1S/C25H20N2O/c28-25(24-16-7-8-17-26-24)27-18-23-21(19-10-3-1-4-11-19)14-9-15-22(23)20-12-5-2-6-13-20/h1-17H,18H2,(H,27,28). The van der Waals surface area contributed by atoms with E-state index in [1.165, 1.54) is 0 Å². The predicted molar refractivity (Wildman–Crippen MR) is 113 cm³/mol. The van der Waals surface area contributed by atoms with Crippen molar-refractivity contribution in [3.05, 3.63) is 115 Å². The highest BCUT2D eigenvalue weighted by Gasteiger charge is 2.14. The molecular formula is C25H20N2O. The monoisotopic (exact) mass is 364 g/mol. The Hall–Kier alpha value is -3.72. The van der Waals surface area contributed by atoms with Gasteiger partial charge in [-0.25, -0.2) is 0 Å². The van der Waals surface area contributed by atoms with Gasteiger partial charge >= 0.3 is 0 Å². The maximum atomic E-state index is 12.5. The van der Waals surface area contributed by atoms with Crippen LogP contribution in [0.2, 0.25) is 0 Å². The Morgan fingerprint density at radius 2 is 1.25 bits per heavy atom.